The number of para-hydroxylation sites is 1. The van der Waals surface area contributed by atoms with Crippen LogP contribution < -0.4 is 5.56 Å². The Labute approximate surface area is 204 Å². The molecule has 1 aromatic rings. The highest BCUT2D eigenvalue weighted by atomic mass is 16.5. The molecule has 4 aliphatic rings. The number of benzene rings is 1. The van der Waals surface area contributed by atoms with Gasteiger partial charge in [0.15, 0.2) is 0 Å². The first-order chi connectivity index (χ1) is 17.0. The maximum Gasteiger partial charge on any atom is 0.282 e. The lowest BCUT2D eigenvalue weighted by atomic mass is 10.1. The Bertz CT molecular complexity index is 1220. The SMILES string of the molecule is CCCC(=O)N1CCN(C(=O)c2cn(C[C@H]3CCCO3)cc3c(=O)n(-c4ccccc4)nc2-3)CC1. The molecule has 2 amide bonds. The van der Waals surface area contributed by atoms with Crippen LogP contribution >= 0.6 is 0 Å². The number of pyridine rings is 1. The Morgan fingerprint density at radius 2 is 1.80 bits per heavy atom. The summed E-state index contributed by atoms with van der Waals surface area (Å²) >= 11 is 0. The number of hydrogen-bond donors (Lipinski definition) is 0. The van der Waals surface area contributed by atoms with Crippen LogP contribution in [-0.4, -0.2) is 74.9 Å². The van der Waals surface area contributed by atoms with Crippen LogP contribution in [0.2, 0.25) is 0 Å². The Morgan fingerprint density at radius 1 is 1.06 bits per heavy atom. The summed E-state index contributed by atoms with van der Waals surface area (Å²) in [6.45, 7) is 5.25. The minimum absolute atomic E-state index is 0.0628. The molecule has 0 N–H and O–H groups in total. The van der Waals surface area contributed by atoms with Crippen molar-refractivity contribution in [2.24, 2.45) is 0 Å². The van der Waals surface area contributed by atoms with Crippen molar-refractivity contribution in [3.8, 4) is 16.9 Å². The Balaban J connectivity index is 1.48. The molecule has 4 aliphatic heterocycles. The van der Waals surface area contributed by atoms with E-state index < -0.39 is 0 Å². The van der Waals surface area contributed by atoms with Gasteiger partial charge in [-0.15, -0.1) is 0 Å². The summed E-state index contributed by atoms with van der Waals surface area (Å²) in [6, 6.07) is 9.23. The van der Waals surface area contributed by atoms with Crippen LogP contribution in [-0.2, 0) is 16.1 Å². The first kappa shape index (κ1) is 23.3. The maximum atomic E-state index is 13.7. The smallest absolute Gasteiger partial charge is 0.282 e. The molecular weight excluding hydrogens is 446 g/mol. The van der Waals surface area contributed by atoms with Gasteiger partial charge in [-0.25, -0.2) is 0 Å². The fraction of sp³-hybridized carbons (Fsp3) is 0.462. The molecule has 0 unspecified atom stereocenters. The van der Waals surface area contributed by atoms with Gasteiger partial charge in [-0.3, -0.25) is 14.4 Å². The zero-order valence-electron chi connectivity index (χ0n) is 20.1. The lowest BCUT2D eigenvalue weighted by Crippen LogP contribution is -2.50. The van der Waals surface area contributed by atoms with Gasteiger partial charge in [0.25, 0.3) is 11.5 Å². The van der Waals surface area contributed by atoms with Crippen LogP contribution in [0.3, 0.4) is 0 Å². The molecule has 184 valence electrons. The molecule has 5 rings (SSSR count). The predicted octanol–water partition coefficient (Wildman–Crippen LogP) is 2.40. The molecule has 9 heteroatoms. The fourth-order valence-corrected chi connectivity index (χ4v) is 4.89. The molecule has 0 bridgehead atoms. The van der Waals surface area contributed by atoms with E-state index in [4.69, 9.17) is 4.74 Å². The number of nitrogens with zero attached hydrogens (tertiary/aromatic N) is 5. The monoisotopic (exact) mass is 477 g/mol. The second-order valence-electron chi connectivity index (χ2n) is 9.24. The minimum atomic E-state index is -0.253. The van der Waals surface area contributed by atoms with E-state index in [1.54, 1.807) is 17.3 Å². The van der Waals surface area contributed by atoms with E-state index in [-0.39, 0.29) is 23.5 Å². The Hall–Kier alpha value is -3.46. The number of ether oxygens (including phenoxy) is 1. The van der Waals surface area contributed by atoms with Gasteiger partial charge in [-0.05, 0) is 31.4 Å². The van der Waals surface area contributed by atoms with Crippen LogP contribution in [0.25, 0.3) is 16.9 Å². The largest absolute Gasteiger partial charge is 0.376 e. The van der Waals surface area contributed by atoms with Crippen molar-refractivity contribution in [2.45, 2.75) is 45.3 Å². The molecule has 0 radical (unpaired) electrons. The lowest BCUT2D eigenvalue weighted by Gasteiger charge is -2.35. The molecular formula is C26H31N5O4. The summed E-state index contributed by atoms with van der Waals surface area (Å²) in [6.07, 6.45) is 6.94. The molecule has 35 heavy (non-hydrogen) atoms. The van der Waals surface area contributed by atoms with Gasteiger partial charge < -0.3 is 19.1 Å². The van der Waals surface area contributed by atoms with E-state index in [1.165, 1.54) is 4.68 Å². The van der Waals surface area contributed by atoms with Crippen molar-refractivity contribution >= 4 is 11.8 Å². The van der Waals surface area contributed by atoms with E-state index in [0.29, 0.717) is 61.7 Å². The first-order valence-corrected chi connectivity index (χ1v) is 12.4. The topological polar surface area (TPSA) is 89.7 Å². The van der Waals surface area contributed by atoms with Crippen LogP contribution in [0.15, 0.2) is 47.5 Å². The zero-order valence-corrected chi connectivity index (χ0v) is 20.1. The molecule has 9 nitrogen and oxygen atoms in total. The minimum Gasteiger partial charge on any atom is -0.376 e. The Kier molecular flexibility index (Phi) is 6.68. The predicted molar refractivity (Wildman–Crippen MR) is 131 cm³/mol. The third kappa shape index (κ3) is 4.73. The second-order valence-corrected chi connectivity index (χ2v) is 9.24. The van der Waals surface area contributed by atoms with Gasteiger partial charge >= 0.3 is 0 Å². The summed E-state index contributed by atoms with van der Waals surface area (Å²) in [4.78, 5) is 42.9. The molecule has 0 saturated carbocycles. The first-order valence-electron chi connectivity index (χ1n) is 12.4. The average molecular weight is 478 g/mol. The summed E-state index contributed by atoms with van der Waals surface area (Å²) in [5.41, 5.74) is 1.62. The van der Waals surface area contributed by atoms with Gasteiger partial charge in [-0.2, -0.15) is 9.78 Å². The number of carbonyl (C=O) groups excluding carboxylic acids is 2. The number of amides is 2. The molecule has 0 spiro atoms. The summed E-state index contributed by atoms with van der Waals surface area (Å²) in [7, 11) is 0. The molecule has 1 atom stereocenters. The van der Waals surface area contributed by atoms with E-state index in [0.717, 1.165) is 25.9 Å². The molecule has 1 aromatic carbocycles. The van der Waals surface area contributed by atoms with Gasteiger partial charge in [0.2, 0.25) is 5.91 Å². The zero-order chi connectivity index (χ0) is 24.4. The van der Waals surface area contributed by atoms with Crippen LogP contribution in [0.5, 0.6) is 0 Å². The van der Waals surface area contributed by atoms with E-state index in [2.05, 4.69) is 5.10 Å². The number of piperazine rings is 1. The summed E-state index contributed by atoms with van der Waals surface area (Å²) in [5, 5.41) is 4.59. The van der Waals surface area contributed by atoms with Gasteiger partial charge in [0.05, 0.1) is 22.9 Å². The van der Waals surface area contributed by atoms with Crippen molar-refractivity contribution in [1.29, 1.82) is 0 Å². The quantitative estimate of drug-likeness (QED) is 0.544. The van der Waals surface area contributed by atoms with Crippen LogP contribution in [0.4, 0.5) is 0 Å². The maximum absolute atomic E-state index is 13.7. The fourth-order valence-electron chi connectivity index (χ4n) is 4.89. The molecule has 2 fully saturated rings. The summed E-state index contributed by atoms with van der Waals surface area (Å²) < 4.78 is 9.05. The van der Waals surface area contributed by atoms with Crippen molar-refractivity contribution in [3.63, 3.8) is 0 Å². The van der Waals surface area contributed by atoms with E-state index >= 15 is 0 Å². The lowest BCUT2D eigenvalue weighted by molar-refractivity contribution is -0.132. The van der Waals surface area contributed by atoms with Gasteiger partial charge in [0.1, 0.15) is 5.69 Å². The highest BCUT2D eigenvalue weighted by Gasteiger charge is 2.30. The highest BCUT2D eigenvalue weighted by Crippen LogP contribution is 2.25. The van der Waals surface area contributed by atoms with E-state index in [1.807, 2.05) is 46.7 Å². The molecule has 2 saturated heterocycles. The molecule has 4 heterocycles. The number of aromatic nitrogens is 3. The normalized spacial score (nSPS) is 18.4. The summed E-state index contributed by atoms with van der Waals surface area (Å²) in [5.74, 6) is -0.0364. The standard InChI is InChI=1S/C26H31N5O4/c1-2-7-23(32)29-11-13-30(14-12-29)25(33)21-17-28(16-20-10-6-15-35-20)18-22-24(21)27-31(26(22)34)19-8-4-3-5-9-19/h3-5,8-9,17-18,20H,2,6-7,10-16H2,1H3/t20-/m1/s1. The number of carbonyl (C=O) groups is 2. The van der Waals surface area contributed by atoms with Crippen molar-refractivity contribution in [2.75, 3.05) is 32.8 Å². The molecule has 0 aliphatic carbocycles. The average Bonchev–Trinajstić information content (AvgIpc) is 3.52. The highest BCUT2D eigenvalue weighted by molar-refractivity contribution is 6.00. The third-order valence-electron chi connectivity index (χ3n) is 6.78. The second kappa shape index (κ2) is 10.0. The number of hydrogen-bond acceptors (Lipinski definition) is 5. The van der Waals surface area contributed by atoms with Crippen LogP contribution in [0.1, 0.15) is 43.0 Å². The van der Waals surface area contributed by atoms with Gasteiger partial charge in [-0.1, -0.05) is 25.1 Å². The van der Waals surface area contributed by atoms with Gasteiger partial charge in [0, 0.05) is 58.1 Å². The number of rotatable bonds is 6. The van der Waals surface area contributed by atoms with Crippen LogP contribution in [0, 0.1) is 0 Å². The number of fused-ring (bicyclic) bond motifs is 1. The Morgan fingerprint density at radius 3 is 2.49 bits per heavy atom. The van der Waals surface area contributed by atoms with Crippen molar-refractivity contribution in [3.05, 3.63) is 58.6 Å². The van der Waals surface area contributed by atoms with Crippen molar-refractivity contribution < 1.29 is 14.3 Å². The molecule has 0 aromatic heterocycles. The van der Waals surface area contributed by atoms with E-state index in [9.17, 15) is 14.4 Å². The third-order valence-corrected chi connectivity index (χ3v) is 6.78. The van der Waals surface area contributed by atoms with Crippen molar-refractivity contribution in [1.82, 2.24) is 24.1 Å².